The Bertz CT molecular complexity index is 886. The fourth-order valence-corrected chi connectivity index (χ4v) is 2.21. The molecule has 3 aromatic rings. The molecule has 0 aliphatic rings. The van der Waals surface area contributed by atoms with E-state index in [9.17, 15) is 9.18 Å². The van der Waals surface area contributed by atoms with Crippen LogP contribution < -0.4 is 10.2 Å². The van der Waals surface area contributed by atoms with E-state index < -0.39 is 11.7 Å². The average Bonchev–Trinajstić information content (AvgIpc) is 3.11. The Balaban J connectivity index is 1.71. The molecule has 0 fully saturated rings. The van der Waals surface area contributed by atoms with Crippen LogP contribution in [0.5, 0.6) is 5.75 Å². The van der Waals surface area contributed by atoms with Crippen molar-refractivity contribution in [3.8, 4) is 17.0 Å². The summed E-state index contributed by atoms with van der Waals surface area (Å²) in [4.78, 5) is 11.9. The van der Waals surface area contributed by atoms with Gasteiger partial charge in [-0.15, -0.1) is 0 Å². The van der Waals surface area contributed by atoms with E-state index >= 15 is 0 Å². The van der Waals surface area contributed by atoms with Crippen molar-refractivity contribution in [2.75, 3.05) is 7.11 Å². The highest BCUT2D eigenvalue weighted by atomic mass is 19.1. The maximum absolute atomic E-state index is 12.9. The number of hydrogen-bond donors (Lipinski definition) is 2. The number of carbonyl (C=O) groups is 1. The molecule has 1 amide bonds. The monoisotopic (exact) mass is 338 g/mol. The van der Waals surface area contributed by atoms with Crippen LogP contribution >= 0.6 is 0 Å². The van der Waals surface area contributed by atoms with Crippen LogP contribution in [-0.4, -0.2) is 29.4 Å². The van der Waals surface area contributed by atoms with Gasteiger partial charge in [0.1, 0.15) is 11.6 Å². The average molecular weight is 338 g/mol. The Morgan fingerprint density at radius 1 is 1.20 bits per heavy atom. The largest absolute Gasteiger partial charge is 0.497 e. The van der Waals surface area contributed by atoms with Crippen LogP contribution in [0.25, 0.3) is 11.3 Å². The first-order chi connectivity index (χ1) is 12.2. The molecule has 1 heterocycles. The SMILES string of the molecule is COc1ccc(-c2[nH]ncc2/C=N\NC(=O)c2ccc(F)cc2)cc1. The number of hydrogen-bond acceptors (Lipinski definition) is 4. The molecule has 0 radical (unpaired) electrons. The lowest BCUT2D eigenvalue weighted by Gasteiger charge is -2.03. The van der Waals surface area contributed by atoms with Crippen molar-refractivity contribution in [3.05, 3.63) is 71.7 Å². The number of ether oxygens (including phenoxy) is 1. The zero-order valence-corrected chi connectivity index (χ0v) is 13.4. The van der Waals surface area contributed by atoms with Crippen molar-refractivity contribution < 1.29 is 13.9 Å². The second kappa shape index (κ2) is 7.39. The Hall–Kier alpha value is -3.48. The molecule has 2 N–H and O–H groups in total. The van der Waals surface area contributed by atoms with Crippen LogP contribution in [0.1, 0.15) is 15.9 Å². The number of amides is 1. The third-order valence-corrected chi connectivity index (χ3v) is 3.52. The number of nitrogens with zero attached hydrogens (tertiary/aromatic N) is 2. The van der Waals surface area contributed by atoms with Crippen LogP contribution in [-0.2, 0) is 0 Å². The van der Waals surface area contributed by atoms with E-state index in [0.29, 0.717) is 11.1 Å². The van der Waals surface area contributed by atoms with Gasteiger partial charge in [-0.2, -0.15) is 10.2 Å². The van der Waals surface area contributed by atoms with E-state index in [2.05, 4.69) is 20.7 Å². The van der Waals surface area contributed by atoms with Gasteiger partial charge in [0, 0.05) is 16.7 Å². The van der Waals surface area contributed by atoms with Gasteiger partial charge < -0.3 is 4.74 Å². The van der Waals surface area contributed by atoms with Gasteiger partial charge in [0.2, 0.25) is 0 Å². The molecule has 3 rings (SSSR count). The molecule has 0 saturated carbocycles. The van der Waals surface area contributed by atoms with Crippen molar-refractivity contribution in [1.82, 2.24) is 15.6 Å². The number of methoxy groups -OCH3 is 1. The molecule has 2 aromatic carbocycles. The minimum atomic E-state index is -0.425. The number of H-pyrrole nitrogens is 1. The highest BCUT2D eigenvalue weighted by molar-refractivity contribution is 5.95. The first kappa shape index (κ1) is 16.4. The predicted octanol–water partition coefficient (Wildman–Crippen LogP) is 2.99. The Morgan fingerprint density at radius 3 is 2.60 bits per heavy atom. The topological polar surface area (TPSA) is 79.4 Å². The molecule has 0 spiro atoms. The maximum atomic E-state index is 12.9. The molecule has 0 atom stereocenters. The summed E-state index contributed by atoms with van der Waals surface area (Å²) in [6, 6.07) is 12.7. The lowest BCUT2D eigenvalue weighted by molar-refractivity contribution is 0.0955. The highest BCUT2D eigenvalue weighted by Crippen LogP contribution is 2.22. The van der Waals surface area contributed by atoms with Gasteiger partial charge in [-0.1, -0.05) is 0 Å². The minimum absolute atomic E-state index is 0.320. The predicted molar refractivity (Wildman–Crippen MR) is 92.0 cm³/mol. The number of benzene rings is 2. The summed E-state index contributed by atoms with van der Waals surface area (Å²) >= 11 is 0. The van der Waals surface area contributed by atoms with E-state index in [4.69, 9.17) is 4.74 Å². The number of nitrogens with one attached hydrogen (secondary N) is 2. The third kappa shape index (κ3) is 3.89. The molecule has 6 nitrogen and oxygen atoms in total. The smallest absolute Gasteiger partial charge is 0.271 e. The number of rotatable bonds is 5. The van der Waals surface area contributed by atoms with E-state index in [1.54, 1.807) is 13.3 Å². The quantitative estimate of drug-likeness (QED) is 0.554. The fourth-order valence-electron chi connectivity index (χ4n) is 2.21. The summed E-state index contributed by atoms with van der Waals surface area (Å²) < 4.78 is 18.0. The van der Waals surface area contributed by atoms with Crippen LogP contribution in [0.4, 0.5) is 4.39 Å². The van der Waals surface area contributed by atoms with Crippen LogP contribution in [0, 0.1) is 5.82 Å². The molecule has 7 heteroatoms. The molecular weight excluding hydrogens is 323 g/mol. The number of aromatic nitrogens is 2. The van der Waals surface area contributed by atoms with Gasteiger partial charge in [0.25, 0.3) is 5.91 Å². The van der Waals surface area contributed by atoms with Gasteiger partial charge in [-0.05, 0) is 48.5 Å². The standard InChI is InChI=1S/C18H15FN4O2/c1-25-16-8-4-12(5-9-16)17-14(10-20-22-17)11-21-23-18(24)13-2-6-15(19)7-3-13/h2-11H,1H3,(H,20,22)(H,23,24)/b21-11-. The zero-order chi connectivity index (χ0) is 17.6. The highest BCUT2D eigenvalue weighted by Gasteiger charge is 2.07. The van der Waals surface area contributed by atoms with Gasteiger partial charge in [0.05, 0.1) is 25.2 Å². The normalized spacial score (nSPS) is 10.8. The summed E-state index contributed by atoms with van der Waals surface area (Å²) in [7, 11) is 1.60. The molecule has 126 valence electrons. The molecule has 0 aliphatic carbocycles. The molecule has 0 unspecified atom stereocenters. The first-order valence-corrected chi connectivity index (χ1v) is 7.44. The Labute approximate surface area is 143 Å². The van der Waals surface area contributed by atoms with Crippen molar-refractivity contribution in [2.24, 2.45) is 5.10 Å². The summed E-state index contributed by atoms with van der Waals surface area (Å²) in [6.07, 6.45) is 3.09. The zero-order valence-electron chi connectivity index (χ0n) is 13.4. The summed E-state index contributed by atoms with van der Waals surface area (Å²) in [5.74, 6) is -0.0710. The molecular formula is C18H15FN4O2. The van der Waals surface area contributed by atoms with Crippen molar-refractivity contribution in [3.63, 3.8) is 0 Å². The third-order valence-electron chi connectivity index (χ3n) is 3.52. The van der Waals surface area contributed by atoms with Crippen molar-refractivity contribution in [2.45, 2.75) is 0 Å². The second-order valence-electron chi connectivity index (χ2n) is 5.13. The van der Waals surface area contributed by atoms with Crippen LogP contribution in [0.3, 0.4) is 0 Å². The van der Waals surface area contributed by atoms with Crippen molar-refractivity contribution >= 4 is 12.1 Å². The van der Waals surface area contributed by atoms with E-state index in [-0.39, 0.29) is 0 Å². The van der Waals surface area contributed by atoms with E-state index in [1.807, 2.05) is 24.3 Å². The Kier molecular flexibility index (Phi) is 4.84. The van der Waals surface area contributed by atoms with Crippen molar-refractivity contribution in [1.29, 1.82) is 0 Å². The second-order valence-corrected chi connectivity index (χ2v) is 5.13. The molecule has 0 aliphatic heterocycles. The van der Waals surface area contributed by atoms with Gasteiger partial charge in [-0.25, -0.2) is 9.82 Å². The van der Waals surface area contributed by atoms with Crippen LogP contribution in [0.2, 0.25) is 0 Å². The lowest BCUT2D eigenvalue weighted by atomic mass is 10.1. The van der Waals surface area contributed by atoms with E-state index in [0.717, 1.165) is 17.0 Å². The van der Waals surface area contributed by atoms with Gasteiger partial charge in [0.15, 0.2) is 0 Å². The molecule has 0 bridgehead atoms. The fraction of sp³-hybridized carbons (Fsp3) is 0.0556. The maximum Gasteiger partial charge on any atom is 0.271 e. The summed E-state index contributed by atoms with van der Waals surface area (Å²) in [6.45, 7) is 0. The van der Waals surface area contributed by atoms with Gasteiger partial charge >= 0.3 is 0 Å². The first-order valence-electron chi connectivity index (χ1n) is 7.44. The lowest BCUT2D eigenvalue weighted by Crippen LogP contribution is -2.17. The summed E-state index contributed by atoms with van der Waals surface area (Å²) in [5, 5.41) is 10.8. The van der Waals surface area contributed by atoms with Crippen LogP contribution in [0.15, 0.2) is 59.8 Å². The van der Waals surface area contributed by atoms with E-state index in [1.165, 1.54) is 30.5 Å². The minimum Gasteiger partial charge on any atom is -0.497 e. The Morgan fingerprint density at radius 2 is 1.92 bits per heavy atom. The number of aromatic amines is 1. The number of carbonyl (C=O) groups excluding carboxylic acids is 1. The molecule has 25 heavy (non-hydrogen) atoms. The summed E-state index contributed by atoms with van der Waals surface area (Å²) in [5.41, 5.74) is 5.11. The number of hydrazone groups is 1. The van der Waals surface area contributed by atoms with Gasteiger partial charge in [-0.3, -0.25) is 9.89 Å². The molecule has 1 aromatic heterocycles. The molecule has 0 saturated heterocycles. The number of halogens is 1.